The number of hydrogen-bond donors (Lipinski definition) is 0. The van der Waals surface area contributed by atoms with Crippen LogP contribution in [-0.2, 0) is 10.6 Å². The van der Waals surface area contributed by atoms with Gasteiger partial charge in [0.25, 0.3) is 0 Å². The van der Waals surface area contributed by atoms with Crippen LogP contribution in [0.4, 0.5) is 8.78 Å². The lowest BCUT2D eigenvalue weighted by molar-refractivity contribution is -0.0505. The summed E-state index contributed by atoms with van der Waals surface area (Å²) >= 11 is 5.71. The Balaban J connectivity index is 3.27. The second-order valence-corrected chi connectivity index (χ2v) is 3.80. The lowest BCUT2D eigenvalue weighted by atomic mass is 10.0. The van der Waals surface area contributed by atoms with Gasteiger partial charge in [-0.1, -0.05) is 6.07 Å². The highest BCUT2D eigenvalue weighted by Crippen LogP contribution is 2.28. The van der Waals surface area contributed by atoms with Crippen molar-refractivity contribution in [1.82, 2.24) is 0 Å². The summed E-state index contributed by atoms with van der Waals surface area (Å²) in [6, 6.07) is 2.99. The van der Waals surface area contributed by atoms with Gasteiger partial charge >= 0.3 is 12.6 Å². The number of hydrogen-bond acceptors (Lipinski definition) is 3. The van der Waals surface area contributed by atoms with Gasteiger partial charge in [-0.15, -0.1) is 11.6 Å². The Hall–Kier alpha value is -1.36. The molecular weight excluding hydrogens is 266 g/mol. The predicted octanol–water partition coefficient (Wildman–Crippen LogP) is 3.51. The molecule has 0 aromatic heterocycles. The number of ether oxygens (including phenoxy) is 2. The summed E-state index contributed by atoms with van der Waals surface area (Å²) in [7, 11) is 0. The molecule has 0 bridgehead atoms. The zero-order chi connectivity index (χ0) is 13.7. The largest absolute Gasteiger partial charge is 0.462 e. The average Bonchev–Trinajstić information content (AvgIpc) is 2.27. The van der Waals surface area contributed by atoms with E-state index in [-0.39, 0.29) is 23.8 Å². The fraction of sp³-hybridized carbons (Fsp3) is 0.417. The summed E-state index contributed by atoms with van der Waals surface area (Å²) in [6.07, 6.45) is 0. The SMILES string of the molecule is CCOC(=O)c1c(CCl)cc(C)cc1OC(F)F. The maximum absolute atomic E-state index is 12.3. The third-order valence-corrected chi connectivity index (χ3v) is 2.46. The van der Waals surface area contributed by atoms with Gasteiger partial charge in [0, 0.05) is 5.88 Å². The van der Waals surface area contributed by atoms with E-state index >= 15 is 0 Å². The standard InChI is InChI=1S/C12H13ClF2O3/c1-3-17-11(16)10-8(6-13)4-7(2)5-9(10)18-12(14)15/h4-5,12H,3,6H2,1-2H3. The Labute approximate surface area is 109 Å². The molecule has 0 spiro atoms. The summed E-state index contributed by atoms with van der Waals surface area (Å²) in [4.78, 5) is 11.7. The number of halogens is 3. The summed E-state index contributed by atoms with van der Waals surface area (Å²) in [5.41, 5.74) is 1.04. The molecule has 0 atom stereocenters. The molecule has 0 aliphatic heterocycles. The fourth-order valence-electron chi connectivity index (χ4n) is 1.56. The minimum atomic E-state index is -3.01. The second kappa shape index (κ2) is 6.54. The molecule has 0 unspecified atom stereocenters. The molecule has 6 heteroatoms. The molecule has 0 heterocycles. The highest BCUT2D eigenvalue weighted by molar-refractivity contribution is 6.17. The Morgan fingerprint density at radius 1 is 1.44 bits per heavy atom. The maximum Gasteiger partial charge on any atom is 0.387 e. The van der Waals surface area contributed by atoms with E-state index in [0.717, 1.165) is 0 Å². The molecule has 0 saturated heterocycles. The van der Waals surface area contributed by atoms with Crippen molar-refractivity contribution in [3.8, 4) is 5.75 Å². The van der Waals surface area contributed by atoms with Gasteiger partial charge in [0.1, 0.15) is 11.3 Å². The molecule has 100 valence electrons. The normalized spacial score (nSPS) is 10.6. The molecule has 1 aromatic rings. The molecule has 0 fully saturated rings. The van der Waals surface area contributed by atoms with Crippen molar-refractivity contribution in [3.05, 3.63) is 28.8 Å². The molecule has 0 amide bonds. The molecule has 0 aliphatic carbocycles. The van der Waals surface area contributed by atoms with Gasteiger partial charge in [-0.2, -0.15) is 8.78 Å². The Kier molecular flexibility index (Phi) is 5.34. The lowest BCUT2D eigenvalue weighted by Gasteiger charge is -2.14. The summed E-state index contributed by atoms with van der Waals surface area (Å²) in [5.74, 6) is -0.919. The van der Waals surface area contributed by atoms with Crippen LogP contribution in [0.2, 0.25) is 0 Å². The van der Waals surface area contributed by atoms with E-state index in [2.05, 4.69) is 4.74 Å². The molecule has 0 saturated carbocycles. The number of rotatable bonds is 5. The van der Waals surface area contributed by atoms with E-state index in [0.29, 0.717) is 11.1 Å². The minimum Gasteiger partial charge on any atom is -0.462 e. The van der Waals surface area contributed by atoms with Crippen LogP contribution >= 0.6 is 11.6 Å². The van der Waals surface area contributed by atoms with Crippen LogP contribution in [0.1, 0.15) is 28.4 Å². The molecule has 0 radical (unpaired) electrons. The van der Waals surface area contributed by atoms with Crippen LogP contribution in [0.25, 0.3) is 0 Å². The molecule has 3 nitrogen and oxygen atoms in total. The van der Waals surface area contributed by atoms with Gasteiger partial charge in [0.05, 0.1) is 6.61 Å². The maximum atomic E-state index is 12.3. The van der Waals surface area contributed by atoms with Gasteiger partial charge in [-0.25, -0.2) is 4.79 Å². The molecular formula is C12H13ClF2O3. The van der Waals surface area contributed by atoms with E-state index in [1.807, 2.05) is 0 Å². The number of benzene rings is 1. The highest BCUT2D eigenvalue weighted by Gasteiger charge is 2.21. The first-order valence-electron chi connectivity index (χ1n) is 5.31. The van der Waals surface area contributed by atoms with Crippen molar-refractivity contribution < 1.29 is 23.0 Å². The predicted molar refractivity (Wildman–Crippen MR) is 63.3 cm³/mol. The van der Waals surface area contributed by atoms with Crippen LogP contribution in [0.3, 0.4) is 0 Å². The van der Waals surface area contributed by atoms with Crippen LogP contribution in [0, 0.1) is 6.92 Å². The quantitative estimate of drug-likeness (QED) is 0.611. The number of aryl methyl sites for hydroxylation is 1. The van der Waals surface area contributed by atoms with Crippen LogP contribution in [-0.4, -0.2) is 19.2 Å². The van der Waals surface area contributed by atoms with Gasteiger partial charge in [0.15, 0.2) is 0 Å². The molecule has 1 aromatic carbocycles. The molecule has 0 aliphatic rings. The van der Waals surface area contributed by atoms with Crippen LogP contribution in [0.15, 0.2) is 12.1 Å². The Morgan fingerprint density at radius 2 is 2.11 bits per heavy atom. The van der Waals surface area contributed by atoms with Crippen molar-refractivity contribution in [3.63, 3.8) is 0 Å². The lowest BCUT2D eigenvalue weighted by Crippen LogP contribution is -2.13. The van der Waals surface area contributed by atoms with Gasteiger partial charge < -0.3 is 9.47 Å². The summed E-state index contributed by atoms with van der Waals surface area (Å²) in [6.45, 7) is 0.453. The van der Waals surface area contributed by atoms with Gasteiger partial charge in [-0.3, -0.25) is 0 Å². The summed E-state index contributed by atoms with van der Waals surface area (Å²) in [5, 5.41) is 0. The number of carbonyl (C=O) groups excluding carboxylic acids is 1. The van der Waals surface area contributed by atoms with Gasteiger partial charge in [-0.05, 0) is 31.0 Å². The molecule has 18 heavy (non-hydrogen) atoms. The monoisotopic (exact) mass is 278 g/mol. The first kappa shape index (κ1) is 14.7. The molecule has 0 N–H and O–H groups in total. The van der Waals surface area contributed by atoms with Crippen molar-refractivity contribution >= 4 is 17.6 Å². The van der Waals surface area contributed by atoms with E-state index in [9.17, 15) is 13.6 Å². The van der Waals surface area contributed by atoms with Crippen molar-refractivity contribution in [2.75, 3.05) is 6.61 Å². The topological polar surface area (TPSA) is 35.5 Å². The smallest absolute Gasteiger partial charge is 0.387 e. The van der Waals surface area contributed by atoms with Crippen molar-refractivity contribution in [1.29, 1.82) is 0 Å². The van der Waals surface area contributed by atoms with E-state index < -0.39 is 12.6 Å². The molecule has 1 rings (SSSR count). The summed E-state index contributed by atoms with van der Waals surface area (Å²) < 4.78 is 33.8. The second-order valence-electron chi connectivity index (χ2n) is 3.53. The minimum absolute atomic E-state index is 0.00935. The third-order valence-electron chi connectivity index (χ3n) is 2.17. The van der Waals surface area contributed by atoms with Crippen molar-refractivity contribution in [2.24, 2.45) is 0 Å². The number of esters is 1. The Morgan fingerprint density at radius 3 is 2.61 bits per heavy atom. The number of alkyl halides is 3. The third kappa shape index (κ3) is 3.57. The van der Waals surface area contributed by atoms with Crippen LogP contribution in [0.5, 0.6) is 5.75 Å². The van der Waals surface area contributed by atoms with E-state index in [1.165, 1.54) is 6.07 Å². The Bertz CT molecular complexity index is 436. The van der Waals surface area contributed by atoms with E-state index in [4.69, 9.17) is 16.3 Å². The first-order valence-corrected chi connectivity index (χ1v) is 5.84. The van der Waals surface area contributed by atoms with Gasteiger partial charge in [0.2, 0.25) is 0 Å². The highest BCUT2D eigenvalue weighted by atomic mass is 35.5. The van der Waals surface area contributed by atoms with Crippen LogP contribution < -0.4 is 4.74 Å². The zero-order valence-corrected chi connectivity index (χ0v) is 10.8. The average molecular weight is 279 g/mol. The zero-order valence-electron chi connectivity index (χ0n) is 10.0. The van der Waals surface area contributed by atoms with Crippen molar-refractivity contribution in [2.45, 2.75) is 26.3 Å². The number of carbonyl (C=O) groups is 1. The fourth-order valence-corrected chi connectivity index (χ4v) is 1.77. The first-order chi connectivity index (χ1) is 8.49. The van der Waals surface area contributed by atoms with E-state index in [1.54, 1.807) is 19.9 Å².